The molecular formula is C11H21NO. The van der Waals surface area contributed by atoms with Gasteiger partial charge in [0.05, 0.1) is 0 Å². The maximum Gasteiger partial charge on any atom is 0.131 e. The standard InChI is InChI=1S/C11H21NO/c1-10(13)6-9-12-8-5-4-7-11(12,2)3/h4-9H2,1-3H3. The summed E-state index contributed by atoms with van der Waals surface area (Å²) < 4.78 is 0. The van der Waals surface area contributed by atoms with Gasteiger partial charge in [0.1, 0.15) is 5.78 Å². The first-order chi connectivity index (χ1) is 6.02. The molecule has 0 N–H and O–H groups in total. The maximum absolute atomic E-state index is 10.9. The van der Waals surface area contributed by atoms with Crippen LogP contribution in [0.3, 0.4) is 0 Å². The molecule has 1 aliphatic heterocycles. The van der Waals surface area contributed by atoms with Crippen molar-refractivity contribution in [3.63, 3.8) is 0 Å². The van der Waals surface area contributed by atoms with Crippen LogP contribution in [0.4, 0.5) is 0 Å². The van der Waals surface area contributed by atoms with E-state index in [-0.39, 0.29) is 0 Å². The Hall–Kier alpha value is -0.370. The molecule has 0 aromatic heterocycles. The van der Waals surface area contributed by atoms with E-state index in [4.69, 9.17) is 0 Å². The Kier molecular flexibility index (Phi) is 3.48. The molecule has 0 spiro atoms. The molecule has 0 unspecified atom stereocenters. The lowest BCUT2D eigenvalue weighted by atomic mass is 9.90. The number of ketones is 1. The molecule has 0 aromatic carbocycles. The third-order valence-electron chi connectivity index (χ3n) is 3.06. The highest BCUT2D eigenvalue weighted by Crippen LogP contribution is 2.26. The zero-order chi connectivity index (χ0) is 9.90. The molecule has 1 saturated heterocycles. The number of carbonyl (C=O) groups excluding carboxylic acids is 1. The van der Waals surface area contributed by atoms with E-state index >= 15 is 0 Å². The molecule has 76 valence electrons. The molecule has 1 aliphatic rings. The summed E-state index contributed by atoms with van der Waals surface area (Å²) in [5.74, 6) is 0.307. The van der Waals surface area contributed by atoms with Crippen LogP contribution in [-0.4, -0.2) is 29.3 Å². The van der Waals surface area contributed by atoms with Crippen LogP contribution < -0.4 is 0 Å². The van der Waals surface area contributed by atoms with Crippen LogP contribution in [0.1, 0.15) is 46.5 Å². The van der Waals surface area contributed by atoms with Crippen molar-refractivity contribution in [3.05, 3.63) is 0 Å². The van der Waals surface area contributed by atoms with Gasteiger partial charge < -0.3 is 0 Å². The number of likely N-dealkylation sites (tertiary alicyclic amines) is 1. The van der Waals surface area contributed by atoms with E-state index in [2.05, 4.69) is 18.7 Å². The third-order valence-corrected chi connectivity index (χ3v) is 3.06. The van der Waals surface area contributed by atoms with Gasteiger partial charge >= 0.3 is 0 Å². The van der Waals surface area contributed by atoms with Gasteiger partial charge in [-0.05, 0) is 40.2 Å². The van der Waals surface area contributed by atoms with Crippen molar-refractivity contribution in [2.45, 2.75) is 52.0 Å². The maximum atomic E-state index is 10.9. The fraction of sp³-hybridized carbons (Fsp3) is 0.909. The highest BCUT2D eigenvalue weighted by molar-refractivity contribution is 5.75. The average Bonchev–Trinajstić information content (AvgIpc) is 2.01. The highest BCUT2D eigenvalue weighted by atomic mass is 16.1. The quantitative estimate of drug-likeness (QED) is 0.668. The second-order valence-electron chi connectivity index (χ2n) is 4.71. The summed E-state index contributed by atoms with van der Waals surface area (Å²) in [6.07, 6.45) is 4.61. The second-order valence-corrected chi connectivity index (χ2v) is 4.71. The number of piperidine rings is 1. The Labute approximate surface area is 81.3 Å². The fourth-order valence-corrected chi connectivity index (χ4v) is 2.03. The molecule has 0 saturated carbocycles. The Bertz CT molecular complexity index is 187. The van der Waals surface area contributed by atoms with Gasteiger partial charge in [0, 0.05) is 18.5 Å². The minimum Gasteiger partial charge on any atom is -0.300 e. The molecule has 2 heteroatoms. The van der Waals surface area contributed by atoms with Crippen molar-refractivity contribution in [1.82, 2.24) is 4.90 Å². The van der Waals surface area contributed by atoms with Gasteiger partial charge in [-0.25, -0.2) is 0 Å². The van der Waals surface area contributed by atoms with Gasteiger partial charge in [-0.1, -0.05) is 6.42 Å². The first-order valence-electron chi connectivity index (χ1n) is 5.27. The molecular weight excluding hydrogens is 162 g/mol. The fourth-order valence-electron chi connectivity index (χ4n) is 2.03. The summed E-state index contributed by atoms with van der Waals surface area (Å²) in [6.45, 7) is 8.36. The molecule has 0 atom stereocenters. The number of hydrogen-bond acceptors (Lipinski definition) is 2. The Morgan fingerprint density at radius 1 is 1.38 bits per heavy atom. The first-order valence-corrected chi connectivity index (χ1v) is 5.27. The number of nitrogens with zero attached hydrogens (tertiary/aromatic N) is 1. The van der Waals surface area contributed by atoms with E-state index in [1.54, 1.807) is 6.92 Å². The van der Waals surface area contributed by atoms with Crippen LogP contribution in [0.25, 0.3) is 0 Å². The van der Waals surface area contributed by atoms with E-state index < -0.39 is 0 Å². The van der Waals surface area contributed by atoms with Crippen molar-refractivity contribution in [1.29, 1.82) is 0 Å². The van der Waals surface area contributed by atoms with E-state index in [0.717, 1.165) is 6.54 Å². The molecule has 1 fully saturated rings. The van der Waals surface area contributed by atoms with Crippen molar-refractivity contribution in [3.8, 4) is 0 Å². The van der Waals surface area contributed by atoms with Gasteiger partial charge in [0.2, 0.25) is 0 Å². The summed E-state index contributed by atoms with van der Waals surface area (Å²) in [7, 11) is 0. The van der Waals surface area contributed by atoms with Gasteiger partial charge in [-0.3, -0.25) is 9.69 Å². The summed E-state index contributed by atoms with van der Waals surface area (Å²) in [5.41, 5.74) is 0.313. The summed E-state index contributed by atoms with van der Waals surface area (Å²) in [4.78, 5) is 13.3. The smallest absolute Gasteiger partial charge is 0.131 e. The topological polar surface area (TPSA) is 20.3 Å². The monoisotopic (exact) mass is 183 g/mol. The first kappa shape index (κ1) is 10.7. The third kappa shape index (κ3) is 3.11. The minimum absolute atomic E-state index is 0.307. The molecule has 1 heterocycles. The van der Waals surface area contributed by atoms with Crippen LogP contribution in [0.2, 0.25) is 0 Å². The number of Topliss-reactive ketones (excluding diaryl/α,β-unsaturated/α-hetero) is 1. The lowest BCUT2D eigenvalue weighted by Gasteiger charge is -2.42. The van der Waals surface area contributed by atoms with Gasteiger partial charge in [0.25, 0.3) is 0 Å². The van der Waals surface area contributed by atoms with Crippen LogP contribution in [0.5, 0.6) is 0 Å². The molecule has 0 radical (unpaired) electrons. The van der Waals surface area contributed by atoms with Crippen molar-refractivity contribution in [2.24, 2.45) is 0 Å². The van der Waals surface area contributed by atoms with Crippen LogP contribution >= 0.6 is 0 Å². The van der Waals surface area contributed by atoms with E-state index in [9.17, 15) is 4.79 Å². The molecule has 0 aromatic rings. The summed E-state index contributed by atoms with van der Waals surface area (Å²) >= 11 is 0. The molecule has 0 amide bonds. The Morgan fingerprint density at radius 3 is 2.62 bits per heavy atom. The average molecular weight is 183 g/mol. The number of hydrogen-bond donors (Lipinski definition) is 0. The van der Waals surface area contributed by atoms with Gasteiger partial charge in [0.15, 0.2) is 0 Å². The Balaban J connectivity index is 2.41. The summed E-state index contributed by atoms with van der Waals surface area (Å²) in [5, 5.41) is 0. The van der Waals surface area contributed by atoms with Crippen LogP contribution in [0.15, 0.2) is 0 Å². The molecule has 13 heavy (non-hydrogen) atoms. The number of carbonyl (C=O) groups is 1. The molecule has 0 bridgehead atoms. The van der Waals surface area contributed by atoms with Crippen molar-refractivity contribution in [2.75, 3.05) is 13.1 Å². The lowest BCUT2D eigenvalue weighted by Crippen LogP contribution is -2.48. The van der Waals surface area contributed by atoms with Crippen molar-refractivity contribution < 1.29 is 4.79 Å². The normalized spacial score (nSPS) is 23.0. The van der Waals surface area contributed by atoms with Gasteiger partial charge in [-0.2, -0.15) is 0 Å². The second kappa shape index (κ2) is 4.23. The zero-order valence-corrected chi connectivity index (χ0v) is 9.10. The van der Waals surface area contributed by atoms with Crippen LogP contribution in [-0.2, 0) is 4.79 Å². The molecule has 0 aliphatic carbocycles. The molecule has 1 rings (SSSR count). The predicted octanol–water partition coefficient (Wildman–Crippen LogP) is 2.23. The highest BCUT2D eigenvalue weighted by Gasteiger charge is 2.28. The van der Waals surface area contributed by atoms with Gasteiger partial charge in [-0.15, -0.1) is 0 Å². The minimum atomic E-state index is 0.307. The van der Waals surface area contributed by atoms with E-state index in [1.165, 1.54) is 25.8 Å². The number of rotatable bonds is 3. The zero-order valence-electron chi connectivity index (χ0n) is 9.10. The van der Waals surface area contributed by atoms with Crippen molar-refractivity contribution >= 4 is 5.78 Å². The van der Waals surface area contributed by atoms with Crippen LogP contribution in [0, 0.1) is 0 Å². The SMILES string of the molecule is CC(=O)CCN1CCCCC1(C)C. The summed E-state index contributed by atoms with van der Waals surface area (Å²) in [6, 6.07) is 0. The van der Waals surface area contributed by atoms with E-state index in [0.29, 0.717) is 17.7 Å². The largest absolute Gasteiger partial charge is 0.300 e. The van der Waals surface area contributed by atoms with E-state index in [1.807, 2.05) is 0 Å². The lowest BCUT2D eigenvalue weighted by molar-refractivity contribution is -0.117. The predicted molar refractivity (Wildman–Crippen MR) is 54.8 cm³/mol. The Morgan fingerprint density at radius 2 is 2.08 bits per heavy atom. The molecule has 2 nitrogen and oxygen atoms in total.